The predicted molar refractivity (Wildman–Crippen MR) is 72.0 cm³/mol. The third-order valence-electron chi connectivity index (χ3n) is 4.36. The van der Waals surface area contributed by atoms with Gasteiger partial charge >= 0.3 is 0 Å². The standard InChI is InChI=1S/C15H15ClN2O/c16-13(9-4-2-1-3-5-9)15-18-17-14(19-15)12-7-10-6-11(10)8-12/h1-5,10-13H,6-8H2. The number of nitrogens with zero attached hydrogens (tertiary/aromatic N) is 2. The molecule has 0 spiro atoms. The molecule has 4 heteroatoms. The first-order valence-corrected chi connectivity index (χ1v) is 7.27. The van der Waals surface area contributed by atoms with Gasteiger partial charge in [-0.3, -0.25) is 0 Å². The zero-order valence-electron chi connectivity index (χ0n) is 10.5. The van der Waals surface area contributed by atoms with Crippen LogP contribution in [0.2, 0.25) is 0 Å². The molecule has 2 saturated carbocycles. The number of hydrogen-bond acceptors (Lipinski definition) is 3. The van der Waals surface area contributed by atoms with E-state index in [4.69, 9.17) is 16.0 Å². The van der Waals surface area contributed by atoms with E-state index in [0.717, 1.165) is 23.3 Å². The molecule has 3 atom stereocenters. The van der Waals surface area contributed by atoms with Gasteiger partial charge in [-0.15, -0.1) is 21.8 Å². The molecule has 0 bridgehead atoms. The second-order valence-electron chi connectivity index (χ2n) is 5.68. The van der Waals surface area contributed by atoms with Crippen LogP contribution in [-0.2, 0) is 0 Å². The minimum atomic E-state index is -0.349. The number of rotatable bonds is 3. The van der Waals surface area contributed by atoms with E-state index in [0.29, 0.717) is 11.8 Å². The molecule has 2 aromatic rings. The highest BCUT2D eigenvalue weighted by molar-refractivity contribution is 6.22. The van der Waals surface area contributed by atoms with Crippen LogP contribution in [0.1, 0.15) is 47.9 Å². The van der Waals surface area contributed by atoms with Crippen LogP contribution in [0.15, 0.2) is 34.7 Å². The van der Waals surface area contributed by atoms with Gasteiger partial charge in [-0.2, -0.15) is 0 Å². The van der Waals surface area contributed by atoms with Gasteiger partial charge in [-0.25, -0.2) is 0 Å². The van der Waals surface area contributed by atoms with Crippen molar-refractivity contribution in [2.45, 2.75) is 30.6 Å². The molecule has 0 N–H and O–H groups in total. The van der Waals surface area contributed by atoms with Gasteiger partial charge in [0, 0.05) is 5.92 Å². The van der Waals surface area contributed by atoms with E-state index in [9.17, 15) is 0 Å². The van der Waals surface area contributed by atoms with E-state index in [2.05, 4.69) is 10.2 Å². The van der Waals surface area contributed by atoms with Gasteiger partial charge in [-0.05, 0) is 36.7 Å². The fourth-order valence-electron chi connectivity index (χ4n) is 3.19. The van der Waals surface area contributed by atoms with Crippen molar-refractivity contribution in [3.8, 4) is 0 Å². The first kappa shape index (κ1) is 11.5. The summed E-state index contributed by atoms with van der Waals surface area (Å²) in [4.78, 5) is 0. The monoisotopic (exact) mass is 274 g/mol. The maximum Gasteiger partial charge on any atom is 0.238 e. The Kier molecular flexibility index (Phi) is 2.62. The average Bonchev–Trinajstić information content (AvgIpc) is 2.91. The third kappa shape index (κ3) is 2.06. The van der Waals surface area contributed by atoms with Gasteiger partial charge in [0.2, 0.25) is 11.8 Å². The van der Waals surface area contributed by atoms with Gasteiger partial charge in [0.1, 0.15) is 5.38 Å². The molecule has 2 aliphatic rings. The molecule has 3 unspecified atom stereocenters. The van der Waals surface area contributed by atoms with Crippen molar-refractivity contribution in [2.24, 2.45) is 11.8 Å². The first-order chi connectivity index (χ1) is 9.31. The molecule has 98 valence electrons. The van der Waals surface area contributed by atoms with Crippen molar-refractivity contribution in [2.75, 3.05) is 0 Å². The molecule has 19 heavy (non-hydrogen) atoms. The Balaban J connectivity index is 1.54. The smallest absolute Gasteiger partial charge is 0.238 e. The molecular formula is C15H15ClN2O. The lowest BCUT2D eigenvalue weighted by Crippen LogP contribution is -1.95. The second-order valence-corrected chi connectivity index (χ2v) is 6.11. The highest BCUT2D eigenvalue weighted by atomic mass is 35.5. The van der Waals surface area contributed by atoms with Crippen LogP contribution < -0.4 is 0 Å². The summed E-state index contributed by atoms with van der Waals surface area (Å²) in [7, 11) is 0. The van der Waals surface area contributed by atoms with Gasteiger partial charge in [0.25, 0.3) is 0 Å². The maximum absolute atomic E-state index is 6.39. The quantitative estimate of drug-likeness (QED) is 0.797. The molecule has 0 aliphatic heterocycles. The Bertz CT molecular complexity index is 573. The number of alkyl halides is 1. The molecule has 0 saturated heterocycles. The van der Waals surface area contributed by atoms with E-state index < -0.39 is 0 Å². The maximum atomic E-state index is 6.39. The molecule has 3 nitrogen and oxygen atoms in total. The SMILES string of the molecule is ClC(c1ccccc1)c1nnc(C2CC3CC3C2)o1. The van der Waals surface area contributed by atoms with Gasteiger partial charge < -0.3 is 4.42 Å². The third-order valence-corrected chi connectivity index (χ3v) is 4.80. The molecular weight excluding hydrogens is 260 g/mol. The van der Waals surface area contributed by atoms with E-state index >= 15 is 0 Å². The lowest BCUT2D eigenvalue weighted by atomic mass is 10.0. The van der Waals surface area contributed by atoms with Gasteiger partial charge in [0.15, 0.2) is 0 Å². The van der Waals surface area contributed by atoms with Crippen LogP contribution >= 0.6 is 11.6 Å². The zero-order chi connectivity index (χ0) is 12.8. The fourth-order valence-corrected chi connectivity index (χ4v) is 3.43. The van der Waals surface area contributed by atoms with Crippen molar-refractivity contribution >= 4 is 11.6 Å². The minimum absolute atomic E-state index is 0.349. The Morgan fingerprint density at radius 3 is 2.53 bits per heavy atom. The molecule has 1 aromatic heterocycles. The van der Waals surface area contributed by atoms with Crippen molar-refractivity contribution in [3.63, 3.8) is 0 Å². The lowest BCUT2D eigenvalue weighted by Gasteiger charge is -2.06. The summed E-state index contributed by atoms with van der Waals surface area (Å²) in [5.41, 5.74) is 0.994. The second kappa shape index (κ2) is 4.34. The van der Waals surface area contributed by atoms with Gasteiger partial charge in [0.05, 0.1) is 0 Å². The van der Waals surface area contributed by atoms with Crippen LogP contribution in [0.4, 0.5) is 0 Å². The summed E-state index contributed by atoms with van der Waals surface area (Å²) < 4.78 is 5.80. The van der Waals surface area contributed by atoms with Crippen molar-refractivity contribution in [1.29, 1.82) is 0 Å². The molecule has 0 radical (unpaired) electrons. The number of aromatic nitrogens is 2. The van der Waals surface area contributed by atoms with Gasteiger partial charge in [-0.1, -0.05) is 30.3 Å². The Labute approximate surface area is 117 Å². The summed E-state index contributed by atoms with van der Waals surface area (Å²) in [6.45, 7) is 0. The van der Waals surface area contributed by atoms with Crippen molar-refractivity contribution in [1.82, 2.24) is 10.2 Å². The van der Waals surface area contributed by atoms with E-state index in [1.807, 2.05) is 30.3 Å². The minimum Gasteiger partial charge on any atom is -0.423 e. The molecule has 1 aromatic carbocycles. The fraction of sp³-hybridized carbons (Fsp3) is 0.467. The Hall–Kier alpha value is -1.35. The normalized spacial score (nSPS) is 30.1. The molecule has 0 amide bonds. The topological polar surface area (TPSA) is 38.9 Å². The zero-order valence-corrected chi connectivity index (χ0v) is 11.3. The first-order valence-electron chi connectivity index (χ1n) is 6.83. The van der Waals surface area contributed by atoms with Crippen molar-refractivity contribution in [3.05, 3.63) is 47.7 Å². The number of fused-ring (bicyclic) bond motifs is 1. The number of halogens is 1. The van der Waals surface area contributed by atoms with Crippen LogP contribution in [0.25, 0.3) is 0 Å². The van der Waals surface area contributed by atoms with Crippen LogP contribution in [0.5, 0.6) is 0 Å². The van der Waals surface area contributed by atoms with Crippen LogP contribution in [0.3, 0.4) is 0 Å². The van der Waals surface area contributed by atoms with Crippen LogP contribution in [0, 0.1) is 11.8 Å². The molecule has 4 rings (SSSR count). The van der Waals surface area contributed by atoms with Crippen LogP contribution in [-0.4, -0.2) is 10.2 Å². The molecule has 2 aliphatic carbocycles. The Morgan fingerprint density at radius 2 is 1.79 bits per heavy atom. The average molecular weight is 275 g/mol. The highest BCUT2D eigenvalue weighted by Gasteiger charge is 2.47. The number of hydrogen-bond donors (Lipinski definition) is 0. The summed E-state index contributed by atoms with van der Waals surface area (Å²) in [5, 5.41) is 7.98. The van der Waals surface area contributed by atoms with E-state index in [1.165, 1.54) is 19.3 Å². The van der Waals surface area contributed by atoms with Crippen molar-refractivity contribution < 1.29 is 4.42 Å². The lowest BCUT2D eigenvalue weighted by molar-refractivity contribution is 0.406. The Morgan fingerprint density at radius 1 is 1.05 bits per heavy atom. The summed E-state index contributed by atoms with van der Waals surface area (Å²) >= 11 is 6.39. The highest BCUT2D eigenvalue weighted by Crippen LogP contribution is 2.57. The summed E-state index contributed by atoms with van der Waals surface area (Å²) in [5.74, 6) is 3.60. The molecule has 2 fully saturated rings. The predicted octanol–water partition coefficient (Wildman–Crippen LogP) is 3.91. The van der Waals surface area contributed by atoms with E-state index in [1.54, 1.807) is 0 Å². The summed E-state index contributed by atoms with van der Waals surface area (Å²) in [6, 6.07) is 9.86. The van der Waals surface area contributed by atoms with E-state index in [-0.39, 0.29) is 5.38 Å². The summed E-state index contributed by atoms with van der Waals surface area (Å²) in [6.07, 6.45) is 3.83. The largest absolute Gasteiger partial charge is 0.423 e. The molecule has 1 heterocycles. The number of benzene rings is 1.